The van der Waals surface area contributed by atoms with Gasteiger partial charge >= 0.3 is 6.03 Å². The van der Waals surface area contributed by atoms with Crippen LogP contribution in [-0.2, 0) is 5.41 Å². The Bertz CT molecular complexity index is 962. The van der Waals surface area contributed by atoms with E-state index < -0.39 is 0 Å². The Morgan fingerprint density at radius 2 is 1.62 bits per heavy atom. The maximum Gasteiger partial charge on any atom is 0.323 e. The lowest BCUT2D eigenvalue weighted by molar-refractivity contribution is 0.262. The molecule has 1 heterocycles. The summed E-state index contributed by atoms with van der Waals surface area (Å²) < 4.78 is 10.9. The minimum atomic E-state index is -0.369. The zero-order valence-corrected chi connectivity index (χ0v) is 17.0. The number of pyridine rings is 1. The Morgan fingerprint density at radius 1 is 0.897 bits per heavy atom. The quantitative estimate of drug-likeness (QED) is 0.574. The molecule has 0 fully saturated rings. The summed E-state index contributed by atoms with van der Waals surface area (Å²) >= 11 is 0. The van der Waals surface area contributed by atoms with Crippen LogP contribution in [-0.4, -0.2) is 18.1 Å². The first kappa shape index (κ1) is 20.2. The molecule has 0 atom stereocenters. The molecule has 3 aromatic rings. The molecule has 29 heavy (non-hydrogen) atoms. The van der Waals surface area contributed by atoms with Crippen molar-refractivity contribution in [2.75, 3.05) is 17.7 Å². The smallest absolute Gasteiger partial charge is 0.323 e. The summed E-state index contributed by atoms with van der Waals surface area (Å²) in [6.07, 6.45) is 1.55. The van der Waals surface area contributed by atoms with Crippen molar-refractivity contribution in [3.8, 4) is 17.4 Å². The average molecular weight is 391 g/mol. The maximum absolute atomic E-state index is 12.1. The predicted octanol–water partition coefficient (Wildman–Crippen LogP) is 5.82. The highest BCUT2D eigenvalue weighted by atomic mass is 16.5. The summed E-state index contributed by atoms with van der Waals surface area (Å²) in [6, 6.07) is 18.1. The second kappa shape index (κ2) is 8.65. The highest BCUT2D eigenvalue weighted by Crippen LogP contribution is 2.26. The summed E-state index contributed by atoms with van der Waals surface area (Å²) in [5, 5.41) is 5.48. The van der Waals surface area contributed by atoms with Crippen LogP contribution < -0.4 is 20.1 Å². The molecule has 0 aliphatic carbocycles. The van der Waals surface area contributed by atoms with Gasteiger partial charge in [0.2, 0.25) is 5.88 Å². The number of urea groups is 1. The number of carbonyl (C=O) groups is 1. The number of rotatable bonds is 5. The van der Waals surface area contributed by atoms with Crippen molar-refractivity contribution in [2.24, 2.45) is 0 Å². The molecule has 0 bridgehead atoms. The number of benzene rings is 2. The molecule has 150 valence electrons. The molecule has 0 aliphatic rings. The lowest BCUT2D eigenvalue weighted by atomic mass is 9.87. The van der Waals surface area contributed by atoms with E-state index in [0.29, 0.717) is 28.8 Å². The number of anilines is 2. The van der Waals surface area contributed by atoms with E-state index in [2.05, 4.69) is 36.4 Å². The molecule has 0 spiro atoms. The van der Waals surface area contributed by atoms with Gasteiger partial charge in [0.05, 0.1) is 19.0 Å². The number of carbonyl (C=O) groups excluding carboxylic acids is 1. The average Bonchev–Trinajstić information content (AvgIpc) is 2.69. The Kier molecular flexibility index (Phi) is 6.02. The van der Waals surface area contributed by atoms with Gasteiger partial charge in [-0.1, -0.05) is 39.0 Å². The van der Waals surface area contributed by atoms with Crippen LogP contribution in [0, 0.1) is 0 Å². The molecule has 6 nitrogen and oxygen atoms in total. The Labute approximate surface area is 170 Å². The van der Waals surface area contributed by atoms with E-state index in [1.807, 2.05) is 30.3 Å². The maximum atomic E-state index is 12.1. The molecule has 3 rings (SSSR count). The first-order valence-corrected chi connectivity index (χ1v) is 9.30. The fourth-order valence-corrected chi connectivity index (χ4v) is 2.65. The van der Waals surface area contributed by atoms with Crippen molar-refractivity contribution in [1.82, 2.24) is 4.98 Å². The first-order chi connectivity index (χ1) is 13.8. The third kappa shape index (κ3) is 5.72. The Hall–Kier alpha value is -3.54. The summed E-state index contributed by atoms with van der Waals surface area (Å²) in [5.74, 6) is 1.83. The van der Waals surface area contributed by atoms with Crippen molar-refractivity contribution < 1.29 is 14.3 Å². The molecule has 2 aromatic carbocycles. The van der Waals surface area contributed by atoms with Gasteiger partial charge in [-0.25, -0.2) is 9.78 Å². The molecule has 2 N–H and O–H groups in total. The van der Waals surface area contributed by atoms with Crippen molar-refractivity contribution >= 4 is 17.4 Å². The van der Waals surface area contributed by atoms with Crippen molar-refractivity contribution in [3.63, 3.8) is 0 Å². The number of aromatic nitrogens is 1. The first-order valence-electron chi connectivity index (χ1n) is 9.30. The van der Waals surface area contributed by atoms with Gasteiger partial charge in [-0.15, -0.1) is 0 Å². The Balaban J connectivity index is 1.57. The van der Waals surface area contributed by atoms with Crippen LogP contribution in [0.15, 0.2) is 66.9 Å². The summed E-state index contributed by atoms with van der Waals surface area (Å²) in [4.78, 5) is 16.4. The van der Waals surface area contributed by atoms with Gasteiger partial charge in [0.15, 0.2) is 0 Å². The lowest BCUT2D eigenvalue weighted by Gasteiger charge is -2.19. The van der Waals surface area contributed by atoms with Gasteiger partial charge in [0, 0.05) is 17.8 Å². The predicted molar refractivity (Wildman–Crippen MR) is 115 cm³/mol. The molecule has 1 aromatic heterocycles. The molecule has 0 saturated carbocycles. The fraction of sp³-hybridized carbons (Fsp3) is 0.217. The topological polar surface area (TPSA) is 72.5 Å². The second-order valence-corrected chi connectivity index (χ2v) is 7.57. The third-order valence-electron chi connectivity index (χ3n) is 4.26. The molecular weight excluding hydrogens is 366 g/mol. The zero-order valence-electron chi connectivity index (χ0n) is 17.0. The van der Waals surface area contributed by atoms with E-state index in [1.54, 1.807) is 43.6 Å². The summed E-state index contributed by atoms with van der Waals surface area (Å²) in [6.45, 7) is 6.50. The molecular formula is C23H25N3O3. The lowest BCUT2D eigenvalue weighted by Crippen LogP contribution is -2.19. The molecule has 0 aliphatic heterocycles. The van der Waals surface area contributed by atoms with E-state index in [0.717, 1.165) is 0 Å². The van der Waals surface area contributed by atoms with Crippen molar-refractivity contribution in [3.05, 3.63) is 72.4 Å². The monoisotopic (exact) mass is 391 g/mol. The Morgan fingerprint density at radius 3 is 2.24 bits per heavy atom. The van der Waals surface area contributed by atoms with Crippen LogP contribution in [0.2, 0.25) is 0 Å². The number of nitrogens with zero attached hydrogens (tertiary/aromatic N) is 1. The third-order valence-corrected chi connectivity index (χ3v) is 4.26. The highest BCUT2D eigenvalue weighted by Gasteiger charge is 2.13. The molecule has 0 unspecified atom stereocenters. The van der Waals surface area contributed by atoms with Crippen LogP contribution in [0.4, 0.5) is 16.2 Å². The van der Waals surface area contributed by atoms with Gasteiger partial charge in [0.1, 0.15) is 11.5 Å². The highest BCUT2D eigenvalue weighted by molar-refractivity contribution is 5.99. The largest absolute Gasteiger partial charge is 0.497 e. The normalized spacial score (nSPS) is 10.9. The van der Waals surface area contributed by atoms with E-state index in [-0.39, 0.29) is 11.4 Å². The number of hydrogen-bond acceptors (Lipinski definition) is 4. The van der Waals surface area contributed by atoms with Gasteiger partial charge < -0.3 is 20.1 Å². The summed E-state index contributed by atoms with van der Waals surface area (Å²) in [7, 11) is 1.58. The van der Waals surface area contributed by atoms with Gasteiger partial charge in [-0.3, -0.25) is 0 Å². The number of methoxy groups -OCH3 is 1. The minimum absolute atomic E-state index is 0.0928. The molecule has 6 heteroatoms. The van der Waals surface area contributed by atoms with Crippen LogP contribution in [0.1, 0.15) is 26.3 Å². The van der Waals surface area contributed by atoms with Gasteiger partial charge in [0.25, 0.3) is 0 Å². The number of nitrogens with one attached hydrogen (secondary N) is 2. The molecule has 0 saturated heterocycles. The van der Waals surface area contributed by atoms with Crippen LogP contribution in [0.3, 0.4) is 0 Å². The number of ether oxygens (including phenoxy) is 2. The number of amides is 2. The second-order valence-electron chi connectivity index (χ2n) is 7.57. The van der Waals surface area contributed by atoms with Gasteiger partial charge in [-0.2, -0.15) is 0 Å². The van der Waals surface area contributed by atoms with Crippen molar-refractivity contribution in [2.45, 2.75) is 26.2 Å². The van der Waals surface area contributed by atoms with E-state index in [4.69, 9.17) is 9.47 Å². The fourth-order valence-electron chi connectivity index (χ4n) is 2.65. The van der Waals surface area contributed by atoms with E-state index >= 15 is 0 Å². The molecule has 2 amide bonds. The van der Waals surface area contributed by atoms with E-state index in [1.165, 1.54) is 5.56 Å². The van der Waals surface area contributed by atoms with Crippen LogP contribution in [0.25, 0.3) is 0 Å². The van der Waals surface area contributed by atoms with E-state index in [9.17, 15) is 4.79 Å². The standard InChI is InChI=1S/C23H25N3O3/c1-23(2,3)16-8-11-19(12-9-16)29-21-13-10-18(15-24-21)26-22(27)25-17-6-5-7-20(14-17)28-4/h5-15H,1-4H3,(H2,25,26,27). The zero-order chi connectivity index (χ0) is 20.9. The summed E-state index contributed by atoms with van der Waals surface area (Å²) in [5.41, 5.74) is 2.52. The van der Waals surface area contributed by atoms with Crippen LogP contribution in [0.5, 0.6) is 17.4 Å². The number of hydrogen-bond donors (Lipinski definition) is 2. The minimum Gasteiger partial charge on any atom is -0.497 e. The molecule has 0 radical (unpaired) electrons. The van der Waals surface area contributed by atoms with Crippen molar-refractivity contribution in [1.29, 1.82) is 0 Å². The van der Waals surface area contributed by atoms with Crippen LogP contribution >= 0.6 is 0 Å². The SMILES string of the molecule is COc1cccc(NC(=O)Nc2ccc(Oc3ccc(C(C)(C)C)cc3)nc2)c1. The van der Waals surface area contributed by atoms with Gasteiger partial charge in [-0.05, 0) is 41.3 Å².